The number of nitrogens with two attached hydrogens (primary N) is 1. The van der Waals surface area contributed by atoms with Crippen LogP contribution in [0.25, 0.3) is 0 Å². The van der Waals surface area contributed by atoms with Crippen molar-refractivity contribution in [2.75, 3.05) is 11.5 Å². The van der Waals surface area contributed by atoms with E-state index in [2.05, 4.69) is 11.6 Å². The molecular weight excluding hydrogens is 292 g/mol. The van der Waals surface area contributed by atoms with E-state index < -0.39 is 10.0 Å². The lowest BCUT2D eigenvalue weighted by Gasteiger charge is -2.20. The predicted molar refractivity (Wildman–Crippen MR) is 85.5 cm³/mol. The zero-order chi connectivity index (χ0) is 14.8. The Bertz CT molecular complexity index is 573. The fraction of sp³-hybridized carbons (Fsp3) is 0.571. The third-order valence-electron chi connectivity index (χ3n) is 3.70. The first kappa shape index (κ1) is 15.7. The number of anilines is 1. The van der Waals surface area contributed by atoms with E-state index in [0.29, 0.717) is 10.9 Å². The van der Waals surface area contributed by atoms with Crippen LogP contribution in [-0.2, 0) is 10.0 Å². The maximum atomic E-state index is 12.4. The number of aryl methyl sites for hydroxylation is 1. The summed E-state index contributed by atoms with van der Waals surface area (Å²) in [5, 5.41) is 0.387. The molecule has 3 N–H and O–H groups in total. The first-order chi connectivity index (χ1) is 9.44. The number of nitrogens with one attached hydrogen (secondary N) is 1. The summed E-state index contributed by atoms with van der Waals surface area (Å²) < 4.78 is 27.7. The van der Waals surface area contributed by atoms with Gasteiger partial charge in [-0.05, 0) is 43.2 Å². The van der Waals surface area contributed by atoms with Crippen molar-refractivity contribution in [2.45, 2.75) is 49.3 Å². The van der Waals surface area contributed by atoms with E-state index in [-0.39, 0.29) is 10.9 Å². The van der Waals surface area contributed by atoms with Crippen LogP contribution in [0.5, 0.6) is 0 Å². The molecular formula is C14H22N2O2S2. The molecule has 1 saturated carbocycles. The summed E-state index contributed by atoms with van der Waals surface area (Å²) >= 11 is 1.84. The molecule has 1 aromatic rings. The van der Waals surface area contributed by atoms with Crippen LogP contribution < -0.4 is 10.5 Å². The van der Waals surface area contributed by atoms with Gasteiger partial charge in [0.15, 0.2) is 0 Å². The van der Waals surface area contributed by atoms with Crippen molar-refractivity contribution < 1.29 is 8.42 Å². The minimum Gasteiger partial charge on any atom is -0.398 e. The van der Waals surface area contributed by atoms with Crippen molar-refractivity contribution in [1.82, 2.24) is 4.72 Å². The van der Waals surface area contributed by atoms with Gasteiger partial charge >= 0.3 is 0 Å². The molecule has 1 aliphatic carbocycles. The van der Waals surface area contributed by atoms with Gasteiger partial charge < -0.3 is 5.73 Å². The summed E-state index contributed by atoms with van der Waals surface area (Å²) in [5.74, 6) is 1.01. The molecule has 0 aliphatic heterocycles. The Morgan fingerprint density at radius 2 is 2.15 bits per heavy atom. The summed E-state index contributed by atoms with van der Waals surface area (Å²) in [6.45, 7) is 3.97. The number of benzene rings is 1. The van der Waals surface area contributed by atoms with Crippen LogP contribution in [0.3, 0.4) is 0 Å². The number of nitrogen functional groups attached to an aromatic ring is 1. The van der Waals surface area contributed by atoms with Crippen LogP contribution >= 0.6 is 11.8 Å². The molecule has 2 atom stereocenters. The van der Waals surface area contributed by atoms with Crippen LogP contribution in [0, 0.1) is 6.92 Å². The molecule has 0 aromatic heterocycles. The molecule has 1 aliphatic rings. The van der Waals surface area contributed by atoms with Crippen LogP contribution in [0.4, 0.5) is 5.69 Å². The zero-order valence-electron chi connectivity index (χ0n) is 11.9. The highest BCUT2D eigenvalue weighted by molar-refractivity contribution is 8.00. The highest BCUT2D eigenvalue weighted by Gasteiger charge is 2.31. The largest absolute Gasteiger partial charge is 0.398 e. The van der Waals surface area contributed by atoms with Gasteiger partial charge in [-0.25, -0.2) is 13.1 Å². The molecule has 1 fully saturated rings. The topological polar surface area (TPSA) is 72.2 Å². The minimum atomic E-state index is -3.48. The SMILES string of the molecule is CCSC1CCCC1NS(=O)(=O)c1ccc(C)c(N)c1. The van der Waals surface area contributed by atoms with Gasteiger partial charge in [-0.15, -0.1) is 0 Å². The van der Waals surface area contributed by atoms with Crippen molar-refractivity contribution in [3.8, 4) is 0 Å². The number of thioether (sulfide) groups is 1. The highest BCUT2D eigenvalue weighted by atomic mass is 32.2. The normalized spacial score (nSPS) is 23.1. The van der Waals surface area contributed by atoms with Crippen LogP contribution in [0.1, 0.15) is 31.7 Å². The number of hydrogen-bond acceptors (Lipinski definition) is 4. The second kappa shape index (κ2) is 6.37. The number of rotatable bonds is 5. The van der Waals surface area contributed by atoms with E-state index >= 15 is 0 Å². The van der Waals surface area contributed by atoms with E-state index in [4.69, 9.17) is 5.73 Å². The molecule has 0 spiro atoms. The van der Waals surface area contributed by atoms with Gasteiger partial charge in [-0.1, -0.05) is 19.4 Å². The summed E-state index contributed by atoms with van der Waals surface area (Å²) in [4.78, 5) is 0.257. The van der Waals surface area contributed by atoms with Gasteiger partial charge in [0.25, 0.3) is 0 Å². The highest BCUT2D eigenvalue weighted by Crippen LogP contribution is 2.31. The molecule has 6 heteroatoms. The zero-order valence-corrected chi connectivity index (χ0v) is 13.6. The Labute approximate surface area is 125 Å². The lowest BCUT2D eigenvalue weighted by atomic mass is 10.2. The Balaban J connectivity index is 2.16. The summed E-state index contributed by atoms with van der Waals surface area (Å²) in [7, 11) is -3.48. The molecule has 0 bridgehead atoms. The lowest BCUT2D eigenvalue weighted by molar-refractivity contribution is 0.555. The Hall–Kier alpha value is -0.720. The number of sulfonamides is 1. The van der Waals surface area contributed by atoms with Gasteiger partial charge in [-0.3, -0.25) is 0 Å². The molecule has 1 aromatic carbocycles. The van der Waals surface area contributed by atoms with Crippen LogP contribution in [0.15, 0.2) is 23.1 Å². The van der Waals surface area contributed by atoms with E-state index in [1.54, 1.807) is 12.1 Å². The van der Waals surface area contributed by atoms with Crippen molar-refractivity contribution in [3.63, 3.8) is 0 Å². The summed E-state index contributed by atoms with van der Waals surface area (Å²) in [6.07, 6.45) is 3.08. The fourth-order valence-electron chi connectivity index (χ4n) is 2.53. The smallest absolute Gasteiger partial charge is 0.240 e. The predicted octanol–water partition coefficient (Wildman–Crippen LogP) is 2.53. The lowest BCUT2D eigenvalue weighted by Crippen LogP contribution is -2.38. The molecule has 0 heterocycles. The van der Waals surface area contributed by atoms with Gasteiger partial charge in [0.05, 0.1) is 4.90 Å². The monoisotopic (exact) mass is 314 g/mol. The van der Waals surface area contributed by atoms with Crippen LogP contribution in [0.2, 0.25) is 0 Å². The quantitative estimate of drug-likeness (QED) is 0.819. The third-order valence-corrected chi connectivity index (χ3v) is 6.51. The Kier molecular flexibility index (Phi) is 4.99. The number of hydrogen-bond donors (Lipinski definition) is 2. The van der Waals surface area contributed by atoms with Gasteiger partial charge in [0.2, 0.25) is 10.0 Å². The van der Waals surface area contributed by atoms with E-state index in [1.807, 2.05) is 18.7 Å². The maximum Gasteiger partial charge on any atom is 0.240 e. The average Bonchev–Trinajstić information content (AvgIpc) is 2.80. The van der Waals surface area contributed by atoms with Gasteiger partial charge in [-0.2, -0.15) is 11.8 Å². The first-order valence-electron chi connectivity index (χ1n) is 6.94. The average molecular weight is 314 g/mol. The fourth-order valence-corrected chi connectivity index (χ4v) is 5.16. The van der Waals surface area contributed by atoms with E-state index in [9.17, 15) is 8.42 Å². The molecule has 0 amide bonds. The first-order valence-corrected chi connectivity index (χ1v) is 9.47. The molecule has 2 unspecified atom stereocenters. The Morgan fingerprint density at radius 1 is 1.40 bits per heavy atom. The van der Waals surface area contributed by atoms with Gasteiger partial charge in [0, 0.05) is 17.0 Å². The summed E-state index contributed by atoms with van der Waals surface area (Å²) in [5.41, 5.74) is 7.21. The van der Waals surface area contributed by atoms with E-state index in [0.717, 1.165) is 30.6 Å². The van der Waals surface area contributed by atoms with E-state index in [1.165, 1.54) is 6.07 Å². The second-order valence-corrected chi connectivity index (χ2v) is 8.40. The molecule has 4 nitrogen and oxygen atoms in total. The van der Waals surface area contributed by atoms with Crippen molar-refractivity contribution >= 4 is 27.5 Å². The minimum absolute atomic E-state index is 0.0347. The van der Waals surface area contributed by atoms with Crippen molar-refractivity contribution in [3.05, 3.63) is 23.8 Å². The van der Waals surface area contributed by atoms with Gasteiger partial charge in [0.1, 0.15) is 0 Å². The third kappa shape index (κ3) is 3.48. The van der Waals surface area contributed by atoms with Crippen LogP contribution in [-0.4, -0.2) is 25.5 Å². The molecule has 2 rings (SSSR count). The maximum absolute atomic E-state index is 12.4. The molecule has 0 radical (unpaired) electrons. The molecule has 0 saturated heterocycles. The molecule has 112 valence electrons. The van der Waals surface area contributed by atoms with Crippen molar-refractivity contribution in [1.29, 1.82) is 0 Å². The Morgan fingerprint density at radius 3 is 2.80 bits per heavy atom. The standard InChI is InChI=1S/C14H22N2O2S2/c1-3-19-14-6-4-5-13(14)16-20(17,18)11-8-7-10(2)12(15)9-11/h7-9,13-14,16H,3-6,15H2,1-2H3. The molecule has 20 heavy (non-hydrogen) atoms. The van der Waals surface area contributed by atoms with Crippen molar-refractivity contribution in [2.24, 2.45) is 0 Å². The second-order valence-electron chi connectivity index (χ2n) is 5.17. The summed E-state index contributed by atoms with van der Waals surface area (Å²) in [6, 6.07) is 4.93.